The van der Waals surface area contributed by atoms with E-state index >= 15 is 0 Å². The van der Waals surface area contributed by atoms with Crippen LogP contribution in [0.25, 0.3) is 21.0 Å². The Balaban J connectivity index is 2.03. The number of hydrogen-bond acceptors (Lipinski definition) is 5. The highest BCUT2D eigenvalue weighted by atomic mass is 32.1. The number of aromatic amines is 1. The molecule has 0 bridgehead atoms. The normalized spacial score (nSPS) is 10.3. The Labute approximate surface area is 113 Å². The van der Waals surface area contributed by atoms with Gasteiger partial charge in [0, 0.05) is 22.8 Å². The highest BCUT2D eigenvalue weighted by Gasteiger charge is 2.12. The zero-order valence-electron chi connectivity index (χ0n) is 10.1. The zero-order chi connectivity index (χ0) is 13.2. The maximum Gasteiger partial charge on any atom is 0.191 e. The van der Waals surface area contributed by atoms with Gasteiger partial charge in [0.05, 0.1) is 4.88 Å². The third-order valence-electron chi connectivity index (χ3n) is 2.65. The summed E-state index contributed by atoms with van der Waals surface area (Å²) in [6, 6.07) is 8.05. The molecule has 3 aromatic heterocycles. The van der Waals surface area contributed by atoms with Gasteiger partial charge in [0.25, 0.3) is 0 Å². The summed E-state index contributed by atoms with van der Waals surface area (Å²) in [5.74, 6) is 0. The molecule has 0 atom stereocenters. The maximum atomic E-state index is 8.95. The van der Waals surface area contributed by atoms with Crippen LogP contribution in [0.15, 0.2) is 30.6 Å². The fourth-order valence-electron chi connectivity index (χ4n) is 1.79. The number of pyridine rings is 1. The lowest BCUT2D eigenvalue weighted by molar-refractivity contribution is 0.937. The monoisotopic (exact) mass is 267 g/mol. The summed E-state index contributed by atoms with van der Waals surface area (Å²) in [5.41, 5.74) is 3.10. The van der Waals surface area contributed by atoms with Crippen LogP contribution in [-0.2, 0) is 0 Å². The lowest BCUT2D eigenvalue weighted by atomic mass is 10.2. The Hall–Kier alpha value is -2.52. The third kappa shape index (κ3) is 2.11. The predicted molar refractivity (Wildman–Crippen MR) is 72.4 cm³/mol. The third-order valence-corrected chi connectivity index (χ3v) is 3.79. The molecule has 0 aliphatic heterocycles. The number of nitrogens with one attached hydrogen (secondary N) is 1. The molecule has 3 aromatic rings. The topological polar surface area (TPSA) is 78.2 Å². The minimum atomic E-state index is 0.316. The fraction of sp³-hybridized carbons (Fsp3) is 0.0769. The Morgan fingerprint density at radius 1 is 1.21 bits per heavy atom. The Morgan fingerprint density at radius 3 is 2.84 bits per heavy atom. The number of H-pyrrole nitrogens is 1. The van der Waals surface area contributed by atoms with E-state index in [4.69, 9.17) is 5.26 Å². The molecule has 0 fully saturated rings. The summed E-state index contributed by atoms with van der Waals surface area (Å²) >= 11 is 1.57. The van der Waals surface area contributed by atoms with E-state index in [1.807, 2.05) is 37.5 Å². The van der Waals surface area contributed by atoms with Gasteiger partial charge in [-0.1, -0.05) is 0 Å². The first-order chi connectivity index (χ1) is 9.28. The number of hydrogen-bond donors (Lipinski definition) is 1. The van der Waals surface area contributed by atoms with Crippen molar-refractivity contribution in [2.75, 3.05) is 0 Å². The molecule has 19 heavy (non-hydrogen) atoms. The van der Waals surface area contributed by atoms with Crippen molar-refractivity contribution < 1.29 is 0 Å². The van der Waals surface area contributed by atoms with Crippen LogP contribution in [0.1, 0.15) is 11.3 Å². The molecule has 5 nitrogen and oxygen atoms in total. The first-order valence-corrected chi connectivity index (χ1v) is 6.42. The summed E-state index contributed by atoms with van der Waals surface area (Å²) < 4.78 is 0. The van der Waals surface area contributed by atoms with Crippen LogP contribution in [-0.4, -0.2) is 20.4 Å². The van der Waals surface area contributed by atoms with Gasteiger partial charge in [-0.15, -0.1) is 16.4 Å². The van der Waals surface area contributed by atoms with E-state index in [9.17, 15) is 0 Å². The average Bonchev–Trinajstić information content (AvgIpc) is 3.07. The minimum Gasteiger partial charge on any atom is -0.264 e. The van der Waals surface area contributed by atoms with Gasteiger partial charge < -0.3 is 0 Å². The molecule has 0 amide bonds. The zero-order valence-corrected chi connectivity index (χ0v) is 10.9. The van der Waals surface area contributed by atoms with E-state index in [0.717, 1.165) is 20.9 Å². The maximum absolute atomic E-state index is 8.95. The van der Waals surface area contributed by atoms with E-state index in [-0.39, 0.29) is 0 Å². The van der Waals surface area contributed by atoms with E-state index in [1.165, 1.54) is 0 Å². The SMILES string of the molecule is Cc1cncc(-c2ccc(-c3n[nH]nc3C#N)s2)c1. The summed E-state index contributed by atoms with van der Waals surface area (Å²) in [6.45, 7) is 2.01. The summed E-state index contributed by atoms with van der Waals surface area (Å²) in [6.07, 6.45) is 3.65. The van der Waals surface area contributed by atoms with Crippen molar-refractivity contribution in [1.29, 1.82) is 5.26 Å². The molecule has 0 aromatic carbocycles. The molecule has 0 aliphatic rings. The number of nitriles is 1. The van der Waals surface area contributed by atoms with Crippen LogP contribution < -0.4 is 0 Å². The second-order valence-corrected chi connectivity index (χ2v) is 5.13. The number of aryl methyl sites for hydroxylation is 1. The van der Waals surface area contributed by atoms with Crippen LogP contribution >= 0.6 is 11.3 Å². The molecular formula is C13H9N5S. The fourth-order valence-corrected chi connectivity index (χ4v) is 2.77. The van der Waals surface area contributed by atoms with Gasteiger partial charge >= 0.3 is 0 Å². The van der Waals surface area contributed by atoms with Gasteiger partial charge in [-0.25, -0.2) is 0 Å². The average molecular weight is 267 g/mol. The van der Waals surface area contributed by atoms with Gasteiger partial charge in [0.1, 0.15) is 11.8 Å². The summed E-state index contributed by atoms with van der Waals surface area (Å²) in [5, 5.41) is 19.3. The minimum absolute atomic E-state index is 0.316. The molecule has 6 heteroatoms. The number of rotatable bonds is 2. The second-order valence-electron chi connectivity index (χ2n) is 4.05. The Bertz CT molecular complexity index is 765. The van der Waals surface area contributed by atoms with Crippen molar-refractivity contribution in [3.63, 3.8) is 0 Å². The highest BCUT2D eigenvalue weighted by Crippen LogP contribution is 2.34. The van der Waals surface area contributed by atoms with Crippen LogP contribution in [0.4, 0.5) is 0 Å². The Kier molecular flexibility index (Phi) is 2.82. The molecule has 0 saturated carbocycles. The van der Waals surface area contributed by atoms with Crippen LogP contribution in [0.2, 0.25) is 0 Å². The first kappa shape index (κ1) is 11.6. The van der Waals surface area contributed by atoms with Crippen LogP contribution in [0.5, 0.6) is 0 Å². The van der Waals surface area contributed by atoms with Crippen LogP contribution in [0, 0.1) is 18.3 Å². The molecule has 0 radical (unpaired) electrons. The smallest absolute Gasteiger partial charge is 0.191 e. The van der Waals surface area contributed by atoms with Gasteiger partial charge in [-0.05, 0) is 30.7 Å². The first-order valence-electron chi connectivity index (χ1n) is 5.61. The molecule has 0 unspecified atom stereocenters. The molecule has 3 heterocycles. The molecule has 92 valence electrons. The molecular weight excluding hydrogens is 258 g/mol. The standard InChI is InChI=1S/C13H9N5S/c1-8-4-9(7-15-6-8)11-2-3-12(19-11)13-10(5-14)16-18-17-13/h2-4,6-7H,1H3,(H,16,17,18). The van der Waals surface area contributed by atoms with E-state index in [0.29, 0.717) is 11.4 Å². The summed E-state index contributed by atoms with van der Waals surface area (Å²) in [7, 11) is 0. The number of aromatic nitrogens is 4. The lowest BCUT2D eigenvalue weighted by Crippen LogP contribution is -1.79. The number of thiophene rings is 1. The largest absolute Gasteiger partial charge is 0.264 e. The van der Waals surface area contributed by atoms with Crippen molar-refractivity contribution in [2.24, 2.45) is 0 Å². The van der Waals surface area contributed by atoms with Gasteiger partial charge in [-0.3, -0.25) is 4.98 Å². The number of nitrogens with zero attached hydrogens (tertiary/aromatic N) is 4. The van der Waals surface area contributed by atoms with E-state index in [2.05, 4.69) is 26.5 Å². The molecule has 0 aliphatic carbocycles. The quantitative estimate of drug-likeness (QED) is 0.774. The highest BCUT2D eigenvalue weighted by molar-refractivity contribution is 7.18. The van der Waals surface area contributed by atoms with Crippen molar-refractivity contribution in [1.82, 2.24) is 20.4 Å². The molecule has 1 N–H and O–H groups in total. The summed E-state index contributed by atoms with van der Waals surface area (Å²) in [4.78, 5) is 6.20. The second kappa shape index (κ2) is 4.63. The lowest BCUT2D eigenvalue weighted by Gasteiger charge is -1.97. The predicted octanol–water partition coefficient (Wildman–Crippen LogP) is 2.78. The van der Waals surface area contributed by atoms with E-state index in [1.54, 1.807) is 11.3 Å². The van der Waals surface area contributed by atoms with Crippen molar-refractivity contribution in [2.45, 2.75) is 6.92 Å². The van der Waals surface area contributed by atoms with Crippen LogP contribution in [0.3, 0.4) is 0 Å². The van der Waals surface area contributed by atoms with Gasteiger partial charge in [0.2, 0.25) is 0 Å². The van der Waals surface area contributed by atoms with E-state index < -0.39 is 0 Å². The van der Waals surface area contributed by atoms with Crippen molar-refractivity contribution >= 4 is 11.3 Å². The molecule has 0 spiro atoms. The van der Waals surface area contributed by atoms with Crippen molar-refractivity contribution in [3.8, 4) is 27.1 Å². The van der Waals surface area contributed by atoms with Crippen molar-refractivity contribution in [3.05, 3.63) is 41.9 Å². The van der Waals surface area contributed by atoms with Gasteiger partial charge in [0.15, 0.2) is 5.69 Å². The van der Waals surface area contributed by atoms with Gasteiger partial charge in [-0.2, -0.15) is 15.6 Å². The Morgan fingerprint density at radius 2 is 2.05 bits per heavy atom. The molecule has 0 saturated heterocycles. The molecule has 3 rings (SSSR count).